The Bertz CT molecular complexity index is 1020. The number of thiophene rings is 1. The van der Waals surface area contributed by atoms with E-state index in [2.05, 4.69) is 10.3 Å². The summed E-state index contributed by atoms with van der Waals surface area (Å²) in [6, 6.07) is 6.24. The number of carbonyl (C=O) groups excluding carboxylic acids is 1. The van der Waals surface area contributed by atoms with Crippen LogP contribution < -0.4 is 11.1 Å². The minimum atomic E-state index is -1.11. The fraction of sp³-hybridized carbons (Fsp3) is 0.167. The number of rotatable bonds is 3. The van der Waals surface area contributed by atoms with Crippen LogP contribution in [0.2, 0.25) is 0 Å². The first-order valence-electron chi connectivity index (χ1n) is 7.60. The highest BCUT2D eigenvalue weighted by atomic mass is 32.1. The van der Waals surface area contributed by atoms with Gasteiger partial charge in [-0.15, -0.1) is 11.3 Å². The van der Waals surface area contributed by atoms with Gasteiger partial charge in [-0.1, -0.05) is 12.1 Å². The number of nitrogens with one attached hydrogen (secondary N) is 1. The lowest BCUT2D eigenvalue weighted by Gasteiger charge is -2.08. The van der Waals surface area contributed by atoms with Crippen LogP contribution in [0.3, 0.4) is 0 Å². The molecule has 1 aromatic carbocycles. The Morgan fingerprint density at radius 1 is 1.16 bits per heavy atom. The summed E-state index contributed by atoms with van der Waals surface area (Å²) >= 11 is 1.21. The van der Waals surface area contributed by atoms with Gasteiger partial charge in [0.15, 0.2) is 0 Å². The van der Waals surface area contributed by atoms with Crippen LogP contribution in [0, 0.1) is 20.8 Å². The standard InChI is InChI=1S/C18H17N3O3S/c1-8-9(2)13-14(19)15(25-17(13)20-10(8)3)16(22)21-12-7-5-4-6-11(12)18(23)24/h4-7H,19H2,1-3H3,(H,21,22)(H,23,24). The van der Waals surface area contributed by atoms with E-state index in [1.807, 2.05) is 20.8 Å². The second-order valence-electron chi connectivity index (χ2n) is 5.78. The molecule has 0 aliphatic carbocycles. The maximum Gasteiger partial charge on any atom is 0.337 e. The van der Waals surface area contributed by atoms with Crippen molar-refractivity contribution >= 4 is 44.8 Å². The summed E-state index contributed by atoms with van der Waals surface area (Å²) in [4.78, 5) is 29.5. The molecule has 1 amide bonds. The molecule has 0 radical (unpaired) electrons. The zero-order valence-electron chi connectivity index (χ0n) is 14.0. The maximum atomic E-state index is 12.7. The van der Waals surface area contributed by atoms with E-state index in [0.717, 1.165) is 22.2 Å². The van der Waals surface area contributed by atoms with Gasteiger partial charge in [-0.25, -0.2) is 9.78 Å². The Labute approximate surface area is 148 Å². The molecule has 128 valence electrons. The number of amides is 1. The predicted molar refractivity (Wildman–Crippen MR) is 99.6 cm³/mol. The van der Waals surface area contributed by atoms with Crippen LogP contribution in [-0.4, -0.2) is 22.0 Å². The van der Waals surface area contributed by atoms with E-state index in [0.29, 0.717) is 15.4 Å². The van der Waals surface area contributed by atoms with Crippen molar-refractivity contribution in [1.29, 1.82) is 0 Å². The van der Waals surface area contributed by atoms with Gasteiger partial charge in [-0.2, -0.15) is 0 Å². The molecule has 25 heavy (non-hydrogen) atoms. The van der Waals surface area contributed by atoms with Gasteiger partial charge in [0, 0.05) is 11.1 Å². The van der Waals surface area contributed by atoms with Crippen molar-refractivity contribution in [2.45, 2.75) is 20.8 Å². The smallest absolute Gasteiger partial charge is 0.337 e. The number of pyridine rings is 1. The summed E-state index contributed by atoms with van der Waals surface area (Å²) in [6.45, 7) is 5.84. The number of nitrogens with two attached hydrogens (primary N) is 1. The number of benzene rings is 1. The molecule has 3 aromatic rings. The first-order valence-corrected chi connectivity index (χ1v) is 8.42. The average Bonchev–Trinajstić information content (AvgIpc) is 2.89. The molecule has 6 nitrogen and oxygen atoms in total. The topological polar surface area (TPSA) is 105 Å². The van der Waals surface area contributed by atoms with Crippen molar-refractivity contribution in [3.8, 4) is 0 Å². The highest BCUT2D eigenvalue weighted by molar-refractivity contribution is 7.21. The number of fused-ring (bicyclic) bond motifs is 1. The summed E-state index contributed by atoms with van der Waals surface area (Å²) in [5.74, 6) is -1.55. The highest BCUT2D eigenvalue weighted by Gasteiger charge is 2.21. The fourth-order valence-corrected chi connectivity index (χ4v) is 3.79. The number of anilines is 2. The number of carboxylic acids is 1. The van der Waals surface area contributed by atoms with E-state index in [4.69, 9.17) is 5.73 Å². The fourth-order valence-electron chi connectivity index (χ4n) is 2.69. The summed E-state index contributed by atoms with van der Waals surface area (Å²) in [7, 11) is 0. The van der Waals surface area contributed by atoms with Crippen molar-refractivity contribution in [2.24, 2.45) is 0 Å². The van der Waals surface area contributed by atoms with Crippen LogP contribution in [0.1, 0.15) is 36.9 Å². The number of aromatic carboxylic acids is 1. The lowest BCUT2D eigenvalue weighted by molar-refractivity contribution is 0.0698. The van der Waals surface area contributed by atoms with Crippen molar-refractivity contribution in [1.82, 2.24) is 4.98 Å². The van der Waals surface area contributed by atoms with Crippen molar-refractivity contribution in [3.63, 3.8) is 0 Å². The molecular weight excluding hydrogens is 338 g/mol. The molecule has 7 heteroatoms. The van der Waals surface area contributed by atoms with Crippen LogP contribution in [0.15, 0.2) is 24.3 Å². The molecule has 2 heterocycles. The van der Waals surface area contributed by atoms with Gasteiger partial charge < -0.3 is 16.2 Å². The summed E-state index contributed by atoms with van der Waals surface area (Å²) < 4.78 is 0. The van der Waals surface area contributed by atoms with E-state index >= 15 is 0 Å². The minimum absolute atomic E-state index is 0.0246. The van der Waals surface area contributed by atoms with Gasteiger partial charge in [0.2, 0.25) is 0 Å². The molecule has 3 rings (SSSR count). The number of nitrogen functional groups attached to an aromatic ring is 1. The summed E-state index contributed by atoms with van der Waals surface area (Å²) in [6.07, 6.45) is 0. The third kappa shape index (κ3) is 2.83. The highest BCUT2D eigenvalue weighted by Crippen LogP contribution is 2.37. The number of carbonyl (C=O) groups is 2. The molecule has 0 atom stereocenters. The second-order valence-corrected chi connectivity index (χ2v) is 6.78. The zero-order valence-corrected chi connectivity index (χ0v) is 14.8. The molecule has 0 fully saturated rings. The first-order chi connectivity index (χ1) is 11.8. The van der Waals surface area contributed by atoms with Gasteiger partial charge in [0.05, 0.1) is 16.9 Å². The Kier molecular flexibility index (Phi) is 4.18. The molecule has 0 saturated heterocycles. The summed E-state index contributed by atoms with van der Waals surface area (Å²) in [5.41, 5.74) is 9.77. The van der Waals surface area contributed by atoms with Crippen LogP contribution >= 0.6 is 11.3 Å². The lowest BCUT2D eigenvalue weighted by Crippen LogP contribution is -2.14. The maximum absolute atomic E-state index is 12.7. The Balaban J connectivity index is 2.06. The zero-order chi connectivity index (χ0) is 18.3. The largest absolute Gasteiger partial charge is 0.478 e. The van der Waals surface area contributed by atoms with E-state index in [1.54, 1.807) is 18.2 Å². The number of hydrogen-bond acceptors (Lipinski definition) is 5. The van der Waals surface area contributed by atoms with Gasteiger partial charge >= 0.3 is 5.97 Å². The quantitative estimate of drug-likeness (QED) is 0.663. The SMILES string of the molecule is Cc1nc2sc(C(=O)Nc3ccccc3C(=O)O)c(N)c2c(C)c1C. The molecule has 0 aliphatic heterocycles. The van der Waals surface area contributed by atoms with Gasteiger partial charge in [-0.3, -0.25) is 4.79 Å². The van der Waals surface area contributed by atoms with E-state index in [-0.39, 0.29) is 11.3 Å². The van der Waals surface area contributed by atoms with Crippen LogP contribution in [0.5, 0.6) is 0 Å². The predicted octanol–water partition coefficient (Wildman–Crippen LogP) is 3.75. The first kappa shape index (κ1) is 16.9. The normalized spacial score (nSPS) is 10.8. The Hall–Kier alpha value is -2.93. The van der Waals surface area contributed by atoms with Crippen LogP contribution in [0.4, 0.5) is 11.4 Å². The number of aryl methyl sites for hydroxylation is 2. The third-order valence-electron chi connectivity index (χ3n) is 4.29. The van der Waals surface area contributed by atoms with Crippen LogP contribution in [0.25, 0.3) is 10.2 Å². The molecule has 0 bridgehead atoms. The number of carboxylic acid groups (broad SMARTS) is 1. The van der Waals surface area contributed by atoms with E-state index < -0.39 is 11.9 Å². The lowest BCUT2D eigenvalue weighted by atomic mass is 10.1. The number of hydrogen-bond donors (Lipinski definition) is 3. The van der Waals surface area contributed by atoms with Gasteiger partial charge in [-0.05, 0) is 44.0 Å². The molecular formula is C18H17N3O3S. The summed E-state index contributed by atoms with van der Waals surface area (Å²) in [5, 5.41) is 12.7. The molecule has 4 N–H and O–H groups in total. The Morgan fingerprint density at radius 3 is 2.52 bits per heavy atom. The molecule has 0 saturated carbocycles. The number of para-hydroxylation sites is 1. The molecule has 0 spiro atoms. The number of nitrogens with zero attached hydrogens (tertiary/aromatic N) is 1. The van der Waals surface area contributed by atoms with Crippen molar-refractivity contribution in [3.05, 3.63) is 51.5 Å². The van der Waals surface area contributed by atoms with E-state index in [1.165, 1.54) is 17.4 Å². The monoisotopic (exact) mass is 355 g/mol. The van der Waals surface area contributed by atoms with E-state index in [9.17, 15) is 14.7 Å². The molecule has 0 unspecified atom stereocenters. The number of aromatic nitrogens is 1. The van der Waals surface area contributed by atoms with Crippen molar-refractivity contribution in [2.75, 3.05) is 11.1 Å². The molecule has 2 aromatic heterocycles. The Morgan fingerprint density at radius 2 is 1.84 bits per heavy atom. The third-order valence-corrected chi connectivity index (χ3v) is 5.39. The second kappa shape index (κ2) is 6.18. The van der Waals surface area contributed by atoms with Crippen LogP contribution in [-0.2, 0) is 0 Å². The van der Waals surface area contributed by atoms with Crippen molar-refractivity contribution < 1.29 is 14.7 Å². The average molecular weight is 355 g/mol. The molecule has 0 aliphatic rings. The van der Waals surface area contributed by atoms with Gasteiger partial charge in [0.25, 0.3) is 5.91 Å². The minimum Gasteiger partial charge on any atom is -0.478 e. The van der Waals surface area contributed by atoms with Gasteiger partial charge in [0.1, 0.15) is 9.71 Å².